The number of aromatic nitrogens is 2. The van der Waals surface area contributed by atoms with Gasteiger partial charge in [-0.1, -0.05) is 24.3 Å². The summed E-state index contributed by atoms with van der Waals surface area (Å²) in [6.07, 6.45) is 4.01. The Balaban J connectivity index is 1.95. The van der Waals surface area contributed by atoms with Gasteiger partial charge in [-0.15, -0.1) is 0 Å². The summed E-state index contributed by atoms with van der Waals surface area (Å²) < 4.78 is 4.62. The predicted octanol–water partition coefficient (Wildman–Crippen LogP) is 2.87. The summed E-state index contributed by atoms with van der Waals surface area (Å²) in [5, 5.41) is 0. The number of nitrogens with one attached hydrogen (secondary N) is 1. The van der Waals surface area contributed by atoms with Crippen molar-refractivity contribution < 1.29 is 9.53 Å². The quantitative estimate of drug-likeness (QED) is 0.651. The van der Waals surface area contributed by atoms with E-state index in [4.69, 9.17) is 0 Å². The van der Waals surface area contributed by atoms with Crippen LogP contribution in [0, 0.1) is 0 Å². The van der Waals surface area contributed by atoms with E-state index in [1.54, 1.807) is 18.0 Å². The fourth-order valence-corrected chi connectivity index (χ4v) is 2.66. The lowest BCUT2D eigenvalue weighted by molar-refractivity contribution is -0.140. The van der Waals surface area contributed by atoms with Crippen molar-refractivity contribution in [2.75, 3.05) is 12.9 Å². The molecular formula is C14H16N2O2S. The van der Waals surface area contributed by atoms with Gasteiger partial charge in [-0.2, -0.15) is 11.8 Å². The number of aromatic amines is 1. The van der Waals surface area contributed by atoms with Gasteiger partial charge in [-0.3, -0.25) is 4.79 Å². The van der Waals surface area contributed by atoms with E-state index in [9.17, 15) is 4.79 Å². The molecule has 0 saturated carbocycles. The minimum Gasteiger partial charge on any atom is -0.469 e. The van der Waals surface area contributed by atoms with Crippen molar-refractivity contribution in [3.63, 3.8) is 0 Å². The molecule has 1 N–H and O–H groups in total. The van der Waals surface area contributed by atoms with Gasteiger partial charge >= 0.3 is 5.97 Å². The van der Waals surface area contributed by atoms with Gasteiger partial charge in [-0.05, 0) is 5.56 Å². The summed E-state index contributed by atoms with van der Waals surface area (Å²) in [5.41, 5.74) is 2.32. The molecule has 0 fully saturated rings. The summed E-state index contributed by atoms with van der Waals surface area (Å²) in [7, 11) is 1.42. The molecular weight excluding hydrogens is 260 g/mol. The first-order valence-corrected chi connectivity index (χ1v) is 7.19. The van der Waals surface area contributed by atoms with Gasteiger partial charge in [0, 0.05) is 29.5 Å². The fourth-order valence-electron chi connectivity index (χ4n) is 1.73. The molecule has 5 heteroatoms. The molecule has 0 spiro atoms. The fraction of sp³-hybridized carbons (Fsp3) is 0.286. The van der Waals surface area contributed by atoms with Crippen molar-refractivity contribution in [1.82, 2.24) is 9.97 Å². The third-order valence-corrected chi connectivity index (χ3v) is 3.71. The molecule has 0 atom stereocenters. The second-order valence-electron chi connectivity index (χ2n) is 3.97. The molecule has 0 radical (unpaired) electrons. The molecule has 4 nitrogen and oxygen atoms in total. The first kappa shape index (κ1) is 13.7. The second kappa shape index (κ2) is 6.99. The smallest absolute Gasteiger partial charge is 0.306 e. The van der Waals surface area contributed by atoms with Crippen molar-refractivity contribution in [2.45, 2.75) is 12.2 Å². The van der Waals surface area contributed by atoms with E-state index in [1.807, 2.05) is 18.3 Å². The van der Waals surface area contributed by atoms with E-state index < -0.39 is 0 Å². The molecule has 0 saturated heterocycles. The molecule has 2 aromatic rings. The topological polar surface area (TPSA) is 55.0 Å². The summed E-state index contributed by atoms with van der Waals surface area (Å²) in [5.74, 6) is 2.34. The van der Waals surface area contributed by atoms with Crippen LogP contribution in [0.2, 0.25) is 0 Å². The Labute approximate surface area is 116 Å². The van der Waals surface area contributed by atoms with Crippen LogP contribution in [0.25, 0.3) is 11.4 Å². The maximum atomic E-state index is 11.0. The van der Waals surface area contributed by atoms with Crippen LogP contribution in [0.5, 0.6) is 0 Å². The third-order valence-electron chi connectivity index (χ3n) is 2.71. The number of ether oxygens (including phenoxy) is 1. The number of carbonyl (C=O) groups is 1. The van der Waals surface area contributed by atoms with Crippen molar-refractivity contribution in [2.24, 2.45) is 0 Å². The highest BCUT2D eigenvalue weighted by atomic mass is 32.2. The molecule has 0 bridgehead atoms. The maximum absolute atomic E-state index is 11.0. The maximum Gasteiger partial charge on any atom is 0.306 e. The zero-order valence-electron chi connectivity index (χ0n) is 10.8. The largest absolute Gasteiger partial charge is 0.469 e. The van der Waals surface area contributed by atoms with Gasteiger partial charge in [0.25, 0.3) is 0 Å². The Morgan fingerprint density at radius 1 is 1.42 bits per heavy atom. The number of carbonyl (C=O) groups excluding carboxylic acids is 1. The van der Waals surface area contributed by atoms with Gasteiger partial charge in [0.1, 0.15) is 5.82 Å². The van der Waals surface area contributed by atoms with E-state index >= 15 is 0 Å². The minimum atomic E-state index is -0.160. The van der Waals surface area contributed by atoms with Gasteiger partial charge in [-0.25, -0.2) is 4.98 Å². The number of thioether (sulfide) groups is 1. The normalized spacial score (nSPS) is 10.4. The summed E-state index contributed by atoms with van der Waals surface area (Å²) >= 11 is 1.72. The summed E-state index contributed by atoms with van der Waals surface area (Å²) in [4.78, 5) is 18.4. The lowest BCUT2D eigenvalue weighted by Crippen LogP contribution is -2.01. The molecule has 0 unspecified atom stereocenters. The average molecular weight is 276 g/mol. The molecule has 1 heterocycles. The van der Waals surface area contributed by atoms with E-state index in [2.05, 4.69) is 26.8 Å². The lowest BCUT2D eigenvalue weighted by Gasteiger charge is -2.07. The van der Waals surface area contributed by atoms with E-state index in [0.717, 1.165) is 22.9 Å². The molecule has 1 aromatic heterocycles. The van der Waals surface area contributed by atoms with Crippen LogP contribution in [0.15, 0.2) is 36.7 Å². The van der Waals surface area contributed by atoms with Crippen molar-refractivity contribution in [3.8, 4) is 11.4 Å². The zero-order chi connectivity index (χ0) is 13.5. The van der Waals surface area contributed by atoms with Crippen LogP contribution in [-0.4, -0.2) is 28.8 Å². The highest BCUT2D eigenvalue weighted by Gasteiger charge is 2.07. The predicted molar refractivity (Wildman–Crippen MR) is 76.8 cm³/mol. The Bertz CT molecular complexity index is 526. The van der Waals surface area contributed by atoms with E-state index in [-0.39, 0.29) is 5.97 Å². The number of hydrogen-bond acceptors (Lipinski definition) is 4. The number of hydrogen-bond donors (Lipinski definition) is 1. The number of H-pyrrole nitrogens is 1. The van der Waals surface area contributed by atoms with Gasteiger partial charge in [0.15, 0.2) is 0 Å². The summed E-state index contributed by atoms with van der Waals surface area (Å²) in [6.45, 7) is 0. The van der Waals surface area contributed by atoms with E-state index in [0.29, 0.717) is 6.42 Å². The molecule has 2 rings (SSSR count). The standard InChI is InChI=1S/C14H16N2O2S/c1-18-13(17)6-9-19-10-11-4-2-3-5-12(11)14-15-7-8-16-14/h2-5,7-8H,6,9-10H2,1H3,(H,15,16). The molecule has 100 valence electrons. The number of rotatable bonds is 6. The van der Waals surface area contributed by atoms with Crippen molar-refractivity contribution >= 4 is 17.7 Å². The average Bonchev–Trinajstić information content (AvgIpc) is 2.97. The van der Waals surface area contributed by atoms with Crippen LogP contribution in [0.4, 0.5) is 0 Å². The molecule has 0 aliphatic rings. The van der Waals surface area contributed by atoms with Crippen LogP contribution in [0.3, 0.4) is 0 Å². The van der Waals surface area contributed by atoms with Crippen LogP contribution >= 0.6 is 11.8 Å². The summed E-state index contributed by atoms with van der Waals surface area (Å²) in [6, 6.07) is 8.15. The SMILES string of the molecule is COC(=O)CCSCc1ccccc1-c1ncc[nH]1. The zero-order valence-corrected chi connectivity index (χ0v) is 11.6. The Kier molecular flexibility index (Phi) is 5.03. The first-order valence-electron chi connectivity index (χ1n) is 6.03. The Hall–Kier alpha value is -1.75. The van der Waals surface area contributed by atoms with Crippen LogP contribution < -0.4 is 0 Å². The second-order valence-corrected chi connectivity index (χ2v) is 5.08. The number of esters is 1. The number of methoxy groups -OCH3 is 1. The Morgan fingerprint density at radius 3 is 3.00 bits per heavy atom. The molecule has 19 heavy (non-hydrogen) atoms. The highest BCUT2D eigenvalue weighted by Crippen LogP contribution is 2.24. The van der Waals surface area contributed by atoms with Gasteiger partial charge in [0.2, 0.25) is 0 Å². The first-order chi connectivity index (χ1) is 9.31. The minimum absolute atomic E-state index is 0.160. The third kappa shape index (κ3) is 3.86. The van der Waals surface area contributed by atoms with Gasteiger partial charge < -0.3 is 9.72 Å². The molecule has 1 aromatic carbocycles. The number of nitrogens with zero attached hydrogens (tertiary/aromatic N) is 1. The van der Waals surface area contributed by atoms with E-state index in [1.165, 1.54) is 12.7 Å². The Morgan fingerprint density at radius 2 is 2.26 bits per heavy atom. The molecule has 0 aliphatic heterocycles. The number of benzene rings is 1. The molecule has 0 aliphatic carbocycles. The lowest BCUT2D eigenvalue weighted by atomic mass is 10.1. The van der Waals surface area contributed by atoms with Crippen molar-refractivity contribution in [3.05, 3.63) is 42.2 Å². The monoisotopic (exact) mass is 276 g/mol. The van der Waals surface area contributed by atoms with Crippen molar-refractivity contribution in [1.29, 1.82) is 0 Å². The molecule has 0 amide bonds. The van der Waals surface area contributed by atoms with Crippen LogP contribution in [-0.2, 0) is 15.3 Å². The van der Waals surface area contributed by atoms with Crippen LogP contribution in [0.1, 0.15) is 12.0 Å². The van der Waals surface area contributed by atoms with Gasteiger partial charge in [0.05, 0.1) is 13.5 Å². The highest BCUT2D eigenvalue weighted by molar-refractivity contribution is 7.98. The number of imidazole rings is 1.